The molecule has 0 fully saturated rings. The van der Waals surface area contributed by atoms with Gasteiger partial charge in [0.1, 0.15) is 0 Å². The summed E-state index contributed by atoms with van der Waals surface area (Å²) < 4.78 is 153. The van der Waals surface area contributed by atoms with Crippen molar-refractivity contribution in [2.75, 3.05) is 0 Å². The molecule has 52 heavy (non-hydrogen) atoms. The van der Waals surface area contributed by atoms with Crippen molar-refractivity contribution in [3.63, 3.8) is 0 Å². The van der Waals surface area contributed by atoms with E-state index in [1.54, 1.807) is 24.3 Å². The molecule has 268 valence electrons. The van der Waals surface area contributed by atoms with Gasteiger partial charge in [-0.25, -0.2) is 0 Å². The van der Waals surface area contributed by atoms with Gasteiger partial charge in [0.25, 0.3) is 0 Å². The summed E-state index contributed by atoms with van der Waals surface area (Å²) in [6.45, 7) is 2.10. The lowest BCUT2D eigenvalue weighted by atomic mass is 9.67. The van der Waals surface area contributed by atoms with E-state index in [0.717, 1.165) is 33.9 Å². The molecule has 0 spiro atoms. The predicted molar refractivity (Wildman–Crippen MR) is 180 cm³/mol. The minimum atomic E-state index is -7.44. The number of alkyl halides is 9. The first kappa shape index (κ1) is 35.4. The van der Waals surface area contributed by atoms with Gasteiger partial charge in [0.2, 0.25) is 0 Å². The number of fused-ring (bicyclic) bond motifs is 7. The predicted octanol–water partition coefficient (Wildman–Crippen LogP) is 11.5. The molecule has 0 saturated carbocycles. The Hall–Kier alpha value is -5.04. The first-order valence-electron chi connectivity index (χ1n) is 15.8. The first-order valence-corrected chi connectivity index (χ1v) is 17.2. The third kappa shape index (κ3) is 5.31. The number of hydrogen-bond acceptors (Lipinski definition) is 3. The van der Waals surface area contributed by atoms with Crippen LogP contribution in [-0.2, 0) is 10.1 Å². The lowest BCUT2D eigenvalue weighted by Crippen LogP contribution is -2.63. The second-order valence-corrected chi connectivity index (χ2v) is 14.2. The van der Waals surface area contributed by atoms with Crippen LogP contribution >= 0.6 is 0 Å². The minimum absolute atomic E-state index is 0.0528. The Kier molecular flexibility index (Phi) is 8.17. The first-order chi connectivity index (χ1) is 24.4. The standard InChI is InChI=1S/C39H25F9O3S/c1-22-20-26(21-32-30-12-5-4-10-28(30)29-11-6-7-13-31(29)34(22)32)23-14-16-25(17-15-23)35-27-9-3-2-8-24(27)18-19-33(35)51-52(49,50)39(47,48)37(42,43)36(40,41)38(44,45)46/h2-22,34H,1H3. The van der Waals surface area contributed by atoms with Gasteiger partial charge in [-0.2, -0.15) is 47.9 Å². The second kappa shape index (κ2) is 12.0. The number of halogens is 9. The van der Waals surface area contributed by atoms with Crippen LogP contribution in [0.3, 0.4) is 0 Å². The molecular weight excluding hydrogens is 719 g/mol. The highest BCUT2D eigenvalue weighted by Crippen LogP contribution is 2.56. The molecule has 2 atom stereocenters. The van der Waals surface area contributed by atoms with Crippen molar-refractivity contribution in [3.05, 3.63) is 138 Å². The second-order valence-electron chi connectivity index (χ2n) is 12.6. The van der Waals surface area contributed by atoms with Crippen LogP contribution in [0, 0.1) is 5.92 Å². The van der Waals surface area contributed by atoms with Gasteiger partial charge in [-0.15, -0.1) is 0 Å². The fourth-order valence-corrected chi connectivity index (χ4v) is 7.89. The normalized spacial score (nSPS) is 17.8. The van der Waals surface area contributed by atoms with Crippen LogP contribution in [0.1, 0.15) is 29.5 Å². The summed E-state index contributed by atoms with van der Waals surface area (Å²) in [7, 11) is -7.18. The molecule has 2 aliphatic carbocycles. The van der Waals surface area contributed by atoms with E-state index in [2.05, 4.69) is 47.5 Å². The van der Waals surface area contributed by atoms with Gasteiger partial charge >= 0.3 is 33.4 Å². The summed E-state index contributed by atoms with van der Waals surface area (Å²) in [5.74, 6) is -15.7. The Morgan fingerprint density at radius 3 is 1.87 bits per heavy atom. The van der Waals surface area contributed by atoms with E-state index in [9.17, 15) is 47.9 Å². The van der Waals surface area contributed by atoms with Crippen molar-refractivity contribution in [1.29, 1.82) is 0 Å². The molecule has 7 rings (SSSR count). The smallest absolute Gasteiger partial charge is 0.377 e. The summed E-state index contributed by atoms with van der Waals surface area (Å²) in [5, 5.41) is -6.41. The van der Waals surface area contributed by atoms with Crippen LogP contribution in [-0.4, -0.2) is 31.7 Å². The van der Waals surface area contributed by atoms with Crippen LogP contribution in [0.25, 0.3) is 44.2 Å². The molecule has 0 bridgehead atoms. The van der Waals surface area contributed by atoms with Crippen LogP contribution in [0.15, 0.2) is 121 Å². The van der Waals surface area contributed by atoms with Gasteiger partial charge < -0.3 is 4.18 Å². The van der Waals surface area contributed by atoms with Crippen LogP contribution < -0.4 is 4.18 Å². The summed E-state index contributed by atoms with van der Waals surface area (Å²) in [6, 6.07) is 30.7. The van der Waals surface area contributed by atoms with Crippen molar-refractivity contribution < 1.29 is 52.1 Å². The Labute approximate surface area is 291 Å². The number of rotatable bonds is 7. The average Bonchev–Trinajstić information content (AvgIpc) is 3.10. The highest BCUT2D eigenvalue weighted by molar-refractivity contribution is 7.88. The molecule has 13 heteroatoms. The SMILES string of the molecule is CC1C=C(c2ccc(-c3c(OS(=O)(=O)C(F)(F)C(F)(F)C(F)(F)C(F)(F)F)ccc4ccccc34)cc2)C=C2c3ccccc3-c3ccccc3C21. The third-order valence-corrected chi connectivity index (χ3v) is 10.7. The van der Waals surface area contributed by atoms with Crippen LogP contribution in [0.2, 0.25) is 0 Å². The molecule has 0 saturated heterocycles. The van der Waals surface area contributed by atoms with E-state index in [0.29, 0.717) is 10.9 Å². The number of benzene rings is 5. The van der Waals surface area contributed by atoms with Gasteiger partial charge in [0.15, 0.2) is 5.75 Å². The van der Waals surface area contributed by atoms with Gasteiger partial charge in [-0.05, 0) is 67.3 Å². The largest absolute Gasteiger partial charge is 0.460 e. The van der Waals surface area contributed by atoms with E-state index in [1.807, 2.05) is 24.3 Å². The summed E-state index contributed by atoms with van der Waals surface area (Å²) in [6.07, 6.45) is -3.03. The summed E-state index contributed by atoms with van der Waals surface area (Å²) >= 11 is 0. The zero-order valence-electron chi connectivity index (χ0n) is 26.7. The Balaban J connectivity index is 1.28. The van der Waals surface area contributed by atoms with Crippen LogP contribution in [0.4, 0.5) is 39.5 Å². The van der Waals surface area contributed by atoms with Gasteiger partial charge in [-0.1, -0.05) is 122 Å². The quantitative estimate of drug-likeness (QED) is 0.123. The highest BCUT2D eigenvalue weighted by Gasteiger charge is 2.86. The van der Waals surface area contributed by atoms with Crippen molar-refractivity contribution in [2.45, 2.75) is 36.1 Å². The molecule has 0 aromatic heterocycles. The highest BCUT2D eigenvalue weighted by atomic mass is 32.2. The van der Waals surface area contributed by atoms with Crippen LogP contribution in [0.5, 0.6) is 5.75 Å². The number of hydrogen-bond donors (Lipinski definition) is 0. The van der Waals surface area contributed by atoms with Gasteiger partial charge in [-0.3, -0.25) is 0 Å². The van der Waals surface area contributed by atoms with Gasteiger partial charge in [0, 0.05) is 11.5 Å². The fraction of sp³-hybridized carbons (Fsp3) is 0.179. The van der Waals surface area contributed by atoms with E-state index >= 15 is 0 Å². The number of allylic oxidation sites excluding steroid dienone is 4. The molecule has 0 aliphatic heterocycles. The molecule has 5 aromatic carbocycles. The summed E-state index contributed by atoms with van der Waals surface area (Å²) in [5.41, 5.74) is 7.12. The Bertz CT molecular complexity index is 2400. The maximum atomic E-state index is 14.7. The Morgan fingerprint density at radius 1 is 0.615 bits per heavy atom. The van der Waals surface area contributed by atoms with Crippen molar-refractivity contribution in [3.8, 4) is 28.0 Å². The molecule has 2 unspecified atom stereocenters. The zero-order chi connectivity index (χ0) is 37.4. The lowest BCUT2D eigenvalue weighted by molar-refractivity contribution is -0.382. The van der Waals surface area contributed by atoms with E-state index in [1.165, 1.54) is 35.9 Å². The molecule has 0 amide bonds. The molecule has 0 radical (unpaired) electrons. The summed E-state index contributed by atoms with van der Waals surface area (Å²) in [4.78, 5) is 0. The maximum Gasteiger partial charge on any atom is 0.460 e. The minimum Gasteiger partial charge on any atom is -0.377 e. The van der Waals surface area contributed by atoms with E-state index in [4.69, 9.17) is 0 Å². The van der Waals surface area contributed by atoms with Crippen molar-refractivity contribution in [2.24, 2.45) is 5.92 Å². The van der Waals surface area contributed by atoms with E-state index in [-0.39, 0.29) is 28.3 Å². The van der Waals surface area contributed by atoms with Gasteiger partial charge in [0.05, 0.1) is 0 Å². The van der Waals surface area contributed by atoms with E-state index < -0.39 is 39.1 Å². The lowest BCUT2D eigenvalue weighted by Gasteiger charge is -2.36. The monoisotopic (exact) mass is 744 g/mol. The van der Waals surface area contributed by atoms with Crippen molar-refractivity contribution in [1.82, 2.24) is 0 Å². The molecule has 0 heterocycles. The maximum absolute atomic E-state index is 14.7. The third-order valence-electron chi connectivity index (χ3n) is 9.47. The molecule has 3 nitrogen and oxygen atoms in total. The Morgan fingerprint density at radius 2 is 1.19 bits per heavy atom. The van der Waals surface area contributed by atoms with Crippen molar-refractivity contribution >= 4 is 32.0 Å². The molecule has 2 aliphatic rings. The fourth-order valence-electron chi connectivity index (χ4n) is 6.96. The molecule has 0 N–H and O–H groups in total. The average molecular weight is 745 g/mol. The molecule has 5 aromatic rings. The zero-order valence-corrected chi connectivity index (χ0v) is 27.6. The molecular formula is C39H25F9O3S. The topological polar surface area (TPSA) is 43.4 Å².